The summed E-state index contributed by atoms with van der Waals surface area (Å²) in [5, 5.41) is 12.3. The van der Waals surface area contributed by atoms with E-state index < -0.39 is 11.5 Å². The number of ether oxygens (including phenoxy) is 1. The van der Waals surface area contributed by atoms with Gasteiger partial charge in [-0.3, -0.25) is 4.79 Å². The van der Waals surface area contributed by atoms with E-state index in [0.29, 0.717) is 18.9 Å². The van der Waals surface area contributed by atoms with Crippen LogP contribution in [0.15, 0.2) is 0 Å². The molecule has 5 nitrogen and oxygen atoms in total. The number of carbonyl (C=O) groups is 1. The molecule has 2 unspecified atom stereocenters. The van der Waals surface area contributed by atoms with E-state index in [2.05, 4.69) is 17.3 Å². The number of nitrogens with zero attached hydrogens (tertiary/aromatic N) is 1. The first-order valence-electron chi connectivity index (χ1n) is 6.76. The summed E-state index contributed by atoms with van der Waals surface area (Å²) >= 11 is 0. The van der Waals surface area contributed by atoms with Gasteiger partial charge >= 0.3 is 5.97 Å². The second-order valence-corrected chi connectivity index (χ2v) is 5.09. The number of likely N-dealkylation sites (N-methyl/N-ethyl adjacent to an activating group) is 2. The number of rotatable bonds is 8. The molecule has 0 aliphatic carbocycles. The molecule has 1 fully saturated rings. The molecule has 0 aromatic rings. The molecule has 106 valence electrons. The Morgan fingerprint density at radius 3 is 2.78 bits per heavy atom. The van der Waals surface area contributed by atoms with Gasteiger partial charge < -0.3 is 20.1 Å². The average Bonchev–Trinajstić information content (AvgIpc) is 2.88. The van der Waals surface area contributed by atoms with E-state index in [1.54, 1.807) is 7.05 Å². The Morgan fingerprint density at radius 2 is 2.33 bits per heavy atom. The Morgan fingerprint density at radius 1 is 1.61 bits per heavy atom. The summed E-state index contributed by atoms with van der Waals surface area (Å²) < 4.78 is 5.36. The molecule has 1 rings (SSSR count). The first-order valence-corrected chi connectivity index (χ1v) is 6.76. The molecule has 1 aliphatic rings. The Labute approximate surface area is 109 Å². The van der Waals surface area contributed by atoms with Crippen molar-refractivity contribution in [2.45, 2.75) is 44.2 Å². The van der Waals surface area contributed by atoms with E-state index in [1.807, 2.05) is 6.92 Å². The summed E-state index contributed by atoms with van der Waals surface area (Å²) in [6.45, 7) is 4.49. The topological polar surface area (TPSA) is 61.8 Å². The van der Waals surface area contributed by atoms with Crippen LogP contribution in [0.4, 0.5) is 0 Å². The molecule has 1 saturated heterocycles. The SMILES string of the molecule is CCC(CCCN(C)C1CCOC1)(NC)C(=O)O. The number of aliphatic carboxylic acids is 1. The molecule has 0 aromatic heterocycles. The van der Waals surface area contributed by atoms with Crippen molar-refractivity contribution in [1.82, 2.24) is 10.2 Å². The summed E-state index contributed by atoms with van der Waals surface area (Å²) in [7, 11) is 3.82. The largest absolute Gasteiger partial charge is 0.480 e. The van der Waals surface area contributed by atoms with Crippen molar-refractivity contribution in [2.24, 2.45) is 0 Å². The Hall–Kier alpha value is -0.650. The highest BCUT2D eigenvalue weighted by Gasteiger charge is 2.34. The zero-order valence-electron chi connectivity index (χ0n) is 11.7. The summed E-state index contributed by atoms with van der Waals surface area (Å²) in [6, 6.07) is 0.500. The second-order valence-electron chi connectivity index (χ2n) is 5.09. The number of nitrogens with one attached hydrogen (secondary N) is 1. The molecule has 0 radical (unpaired) electrons. The summed E-state index contributed by atoms with van der Waals surface area (Å²) in [5.41, 5.74) is -0.771. The van der Waals surface area contributed by atoms with Gasteiger partial charge in [-0.15, -0.1) is 0 Å². The minimum atomic E-state index is -0.771. The van der Waals surface area contributed by atoms with Crippen molar-refractivity contribution in [2.75, 3.05) is 33.9 Å². The molecule has 0 saturated carbocycles. The van der Waals surface area contributed by atoms with E-state index in [1.165, 1.54) is 0 Å². The van der Waals surface area contributed by atoms with Gasteiger partial charge in [-0.2, -0.15) is 0 Å². The minimum Gasteiger partial charge on any atom is -0.480 e. The number of carboxylic acids is 1. The standard InChI is InChI=1S/C13H26N2O3/c1-4-13(14-2,12(16)17)7-5-8-15(3)11-6-9-18-10-11/h11,14H,4-10H2,1-3H3,(H,16,17). The van der Waals surface area contributed by atoms with Crippen molar-refractivity contribution in [3.05, 3.63) is 0 Å². The Kier molecular flexibility index (Phi) is 6.05. The van der Waals surface area contributed by atoms with Crippen molar-refractivity contribution >= 4 is 5.97 Å². The zero-order chi connectivity index (χ0) is 13.6. The maximum Gasteiger partial charge on any atom is 0.323 e. The van der Waals surface area contributed by atoms with E-state index in [9.17, 15) is 9.90 Å². The van der Waals surface area contributed by atoms with E-state index >= 15 is 0 Å². The molecular formula is C13H26N2O3. The highest BCUT2D eigenvalue weighted by molar-refractivity contribution is 5.78. The molecule has 0 spiro atoms. The molecule has 0 aromatic carbocycles. The van der Waals surface area contributed by atoms with Crippen LogP contribution >= 0.6 is 0 Å². The quantitative estimate of drug-likeness (QED) is 0.678. The minimum absolute atomic E-state index is 0.500. The van der Waals surface area contributed by atoms with Gasteiger partial charge in [0.05, 0.1) is 6.61 Å². The molecule has 0 amide bonds. The van der Waals surface area contributed by atoms with E-state index in [4.69, 9.17) is 4.74 Å². The highest BCUT2D eigenvalue weighted by Crippen LogP contribution is 2.19. The fourth-order valence-corrected chi connectivity index (χ4v) is 2.53. The lowest BCUT2D eigenvalue weighted by atomic mass is 9.90. The second kappa shape index (κ2) is 7.07. The van der Waals surface area contributed by atoms with Crippen LogP contribution in [0.1, 0.15) is 32.6 Å². The number of hydrogen-bond donors (Lipinski definition) is 2. The van der Waals surface area contributed by atoms with Crippen molar-refractivity contribution in [3.63, 3.8) is 0 Å². The van der Waals surface area contributed by atoms with Crippen LogP contribution in [0.2, 0.25) is 0 Å². The predicted octanol–water partition coefficient (Wildman–Crippen LogP) is 0.940. The van der Waals surface area contributed by atoms with Crippen LogP contribution in [-0.2, 0) is 9.53 Å². The predicted molar refractivity (Wildman–Crippen MR) is 70.8 cm³/mol. The third-order valence-electron chi connectivity index (χ3n) is 4.13. The van der Waals surface area contributed by atoms with Crippen molar-refractivity contribution in [1.29, 1.82) is 0 Å². The summed E-state index contributed by atoms with van der Waals surface area (Å²) in [6.07, 6.45) is 3.23. The van der Waals surface area contributed by atoms with Crippen LogP contribution in [0.3, 0.4) is 0 Å². The molecule has 2 atom stereocenters. The van der Waals surface area contributed by atoms with E-state index in [0.717, 1.165) is 32.6 Å². The highest BCUT2D eigenvalue weighted by atomic mass is 16.5. The smallest absolute Gasteiger partial charge is 0.323 e. The first-order chi connectivity index (χ1) is 8.55. The molecule has 0 bridgehead atoms. The first kappa shape index (κ1) is 15.4. The van der Waals surface area contributed by atoms with Crippen LogP contribution < -0.4 is 5.32 Å². The van der Waals surface area contributed by atoms with Crippen LogP contribution in [0.5, 0.6) is 0 Å². The van der Waals surface area contributed by atoms with Crippen LogP contribution in [0, 0.1) is 0 Å². The van der Waals surface area contributed by atoms with Gasteiger partial charge in [0.2, 0.25) is 0 Å². The molecule has 1 aliphatic heterocycles. The summed E-state index contributed by atoms with van der Waals surface area (Å²) in [4.78, 5) is 13.6. The number of carboxylic acid groups (broad SMARTS) is 1. The van der Waals surface area contributed by atoms with Gasteiger partial charge in [-0.25, -0.2) is 0 Å². The molecule has 18 heavy (non-hydrogen) atoms. The lowest BCUT2D eigenvalue weighted by Crippen LogP contribution is -2.50. The fourth-order valence-electron chi connectivity index (χ4n) is 2.53. The van der Waals surface area contributed by atoms with Crippen LogP contribution in [-0.4, -0.2) is 61.4 Å². The number of hydrogen-bond acceptors (Lipinski definition) is 4. The molecule has 2 N–H and O–H groups in total. The Balaban J connectivity index is 2.36. The van der Waals surface area contributed by atoms with Gasteiger partial charge in [-0.1, -0.05) is 6.92 Å². The third kappa shape index (κ3) is 3.67. The van der Waals surface area contributed by atoms with Gasteiger partial charge in [0.25, 0.3) is 0 Å². The summed E-state index contributed by atoms with van der Waals surface area (Å²) in [5.74, 6) is -0.751. The fraction of sp³-hybridized carbons (Fsp3) is 0.923. The lowest BCUT2D eigenvalue weighted by Gasteiger charge is -2.29. The maximum absolute atomic E-state index is 11.3. The zero-order valence-corrected chi connectivity index (χ0v) is 11.7. The monoisotopic (exact) mass is 258 g/mol. The van der Waals surface area contributed by atoms with Crippen LogP contribution in [0.25, 0.3) is 0 Å². The van der Waals surface area contributed by atoms with Crippen molar-refractivity contribution in [3.8, 4) is 0 Å². The molecule has 1 heterocycles. The van der Waals surface area contributed by atoms with Gasteiger partial charge in [0.15, 0.2) is 0 Å². The average molecular weight is 258 g/mol. The third-order valence-corrected chi connectivity index (χ3v) is 4.13. The van der Waals surface area contributed by atoms with Gasteiger partial charge in [0.1, 0.15) is 5.54 Å². The Bertz CT molecular complexity index is 261. The van der Waals surface area contributed by atoms with Gasteiger partial charge in [-0.05, 0) is 46.3 Å². The maximum atomic E-state index is 11.3. The lowest BCUT2D eigenvalue weighted by molar-refractivity contribution is -0.145. The molecular weight excluding hydrogens is 232 g/mol. The normalized spacial score (nSPS) is 23.2. The van der Waals surface area contributed by atoms with E-state index in [-0.39, 0.29) is 0 Å². The molecule has 5 heteroatoms. The van der Waals surface area contributed by atoms with Gasteiger partial charge in [0, 0.05) is 12.6 Å². The van der Waals surface area contributed by atoms with Crippen molar-refractivity contribution < 1.29 is 14.6 Å².